The number of hydrogen-bond donors (Lipinski definition) is 0. The van der Waals surface area contributed by atoms with Crippen LogP contribution in [-0.2, 0) is 80.4 Å². The molecule has 8 aromatic heterocycles. The Morgan fingerprint density at radius 1 is 0.221 bits per heavy atom. The molecule has 131 heavy (non-hydrogen) atoms. The Hall–Kier alpha value is -13.6. The van der Waals surface area contributed by atoms with Gasteiger partial charge in [-0.1, -0.05) is 206 Å². The third-order valence-electron chi connectivity index (χ3n) is 18.8. The fourth-order valence-corrected chi connectivity index (χ4v) is 12.0. The number of aryl methyl sites for hydroxylation is 5. The summed E-state index contributed by atoms with van der Waals surface area (Å²) in [6.45, 7) is 12.8. The van der Waals surface area contributed by atoms with Gasteiger partial charge >= 0.3 is 0 Å². The first-order chi connectivity index (χ1) is 69.4. The zero-order valence-corrected chi connectivity index (χ0v) is 81.8. The molecule has 0 fully saturated rings. The number of pyridine rings is 8. The fourth-order valence-electron chi connectivity index (χ4n) is 12.0. The quantitative estimate of drug-likeness (QED) is 0.111. The topological polar surface area (TPSA) is 103 Å². The summed E-state index contributed by atoms with van der Waals surface area (Å²) in [5.74, 6) is 0. The van der Waals surface area contributed by atoms with Gasteiger partial charge < -0.3 is 39.9 Å². The normalized spacial score (nSPS) is 11.7. The molecule has 8 nitrogen and oxygen atoms in total. The third-order valence-corrected chi connectivity index (χ3v) is 18.8. The van der Waals surface area contributed by atoms with Crippen molar-refractivity contribution in [3.05, 3.63) is 531 Å². The third kappa shape index (κ3) is 32.3. The zero-order valence-electron chi connectivity index (χ0n) is 89.2. The molecule has 0 N–H and O–H groups in total. The van der Waals surface area contributed by atoms with E-state index in [1.807, 2.05) is 262 Å². The van der Waals surface area contributed by atoms with Gasteiger partial charge in [0.25, 0.3) is 0 Å². The summed E-state index contributed by atoms with van der Waals surface area (Å²) in [5, 5.41) is 0. The van der Waals surface area contributed by atoms with Crippen LogP contribution in [0, 0.1) is 97.0 Å². The first-order valence-electron chi connectivity index (χ1n) is 49.1. The Bertz CT molecular complexity index is 7410. The van der Waals surface area contributed by atoms with Crippen LogP contribution in [0.1, 0.15) is 62.2 Å². The molecule has 654 valence electrons. The molecule has 0 aliphatic heterocycles. The zero-order chi connectivity index (χ0) is 103. The Morgan fingerprint density at radius 3 is 1.11 bits per heavy atom. The molecule has 8 heterocycles. The second-order valence-electron chi connectivity index (χ2n) is 28.3. The number of rotatable bonds is 12. The van der Waals surface area contributed by atoms with E-state index in [-0.39, 0.29) is 180 Å². The SMILES string of the molecule is Cc1ccc(-c2[c-]cccc2)nc1.Cc1ccc(-c2ccnc(-c3[c-]cccc3)c2)cc1.Cc1cnc(-c2[c-]cccc2)cc1C.[2H]c1[c-]c(-c2nc([2H])c([2H])c(-c3c([2H])c([2H])c(C)c([2H])c3[2H])c2[2H])c([2H])c(C)c1[2H].[2H]c1nc(-c2[c-]c(C)c([2H])c([2H])c2[2H])c([2H])c([2H])c1[2H].[Ir].[Ir].[Ir].[Ir].[c-]1ccccc1-c1cc(-c2ccccc2)ccn1.[c-]1ccccc1-c1cc(-c2ccccc2)ccn1.[c-]1ccccc1-c1ccccn1. The van der Waals surface area contributed by atoms with Crippen LogP contribution in [0.3, 0.4) is 0 Å². The van der Waals surface area contributed by atoms with E-state index >= 15 is 0 Å². The molecule has 20 aromatic rings. The van der Waals surface area contributed by atoms with Crippen molar-refractivity contribution in [1.29, 1.82) is 0 Å². The molecule has 0 bridgehead atoms. The average molecular weight is 2420 g/mol. The van der Waals surface area contributed by atoms with E-state index in [1.54, 1.807) is 13.1 Å². The van der Waals surface area contributed by atoms with E-state index in [2.05, 4.69) is 188 Å². The van der Waals surface area contributed by atoms with Crippen molar-refractivity contribution in [2.75, 3.05) is 0 Å². The standard InChI is InChI=1S/C19H16N.C18H14N.2C17H12N.C13H12N.2C12H10N.C11H8N.4Ir/c1-14-6-8-16(9-7-14)17-10-11-20-19(13-17)18-5-3-4-15(2)12-18;1-14-7-9-15(10-8-14)17-11-12-19-18(13-17)16-5-3-2-4-6-16;2*1-3-7-14(8-4-1)16-11-12-18-17(13-16)15-9-5-2-6-10-15;1-10-8-13(14-9-11(10)2)12-6-4-3-5-7-12;1-10-5-4-6-11(9-10)12-7-2-3-8-13-12;1-10-7-8-12(13-9-10)11-5-3-2-4-6-11;1-2-6-10(7-3-1)11-8-4-5-9-12-11;;;;/h3-4,6-13H,1-2H3;2-5,7-13H,1H3;2*1-9,11-13H;3-6,8-9H,1-2H3;2-8H,1H3;2-5,7-9H,1H3;1-6,8-9H;;;;/q8*-1;;;;/i3D,4D,6D,7D,8D,9D,10D,11D,12D,13D;;;;;2D,3D,4D,5D,6D,7D,8D;;;;;;. The summed E-state index contributed by atoms with van der Waals surface area (Å²) >= 11 is 0. The maximum absolute atomic E-state index is 8.57. The summed E-state index contributed by atoms with van der Waals surface area (Å²) in [4.78, 5) is 33.8. The summed E-state index contributed by atoms with van der Waals surface area (Å²) in [6, 6.07) is 120. The van der Waals surface area contributed by atoms with Gasteiger partial charge in [0.15, 0.2) is 0 Å². The smallest absolute Gasteiger partial charge is 0.0830 e. The number of hydrogen-bond acceptors (Lipinski definition) is 8. The first kappa shape index (κ1) is 78.5. The Kier molecular flexibility index (Phi) is 32.8. The number of benzene rings is 12. The summed E-state index contributed by atoms with van der Waals surface area (Å²) < 4.78 is 135. The fraction of sp³-hybridized carbons (Fsp3) is 0.0588. The molecule has 0 atom stereocenters. The molecule has 0 spiro atoms. The molecule has 0 saturated heterocycles. The van der Waals surface area contributed by atoms with Crippen LogP contribution >= 0.6 is 0 Å². The van der Waals surface area contributed by atoms with Crippen molar-refractivity contribution in [3.63, 3.8) is 0 Å². The van der Waals surface area contributed by atoms with Crippen molar-refractivity contribution in [3.8, 4) is 135 Å². The van der Waals surface area contributed by atoms with Gasteiger partial charge in [0.05, 0.1) is 15.1 Å². The second-order valence-corrected chi connectivity index (χ2v) is 28.3. The summed E-state index contributed by atoms with van der Waals surface area (Å²) in [7, 11) is 0. The minimum Gasteiger partial charge on any atom is -0.305 e. The molecular formula is C119H94Ir4N8-8. The van der Waals surface area contributed by atoms with Crippen LogP contribution in [0.15, 0.2) is 443 Å². The molecule has 12 heteroatoms. The maximum Gasteiger partial charge on any atom is 0.0830 e. The van der Waals surface area contributed by atoms with E-state index in [0.29, 0.717) is 5.56 Å². The summed E-state index contributed by atoms with van der Waals surface area (Å²) in [5.41, 5.74) is 23.7. The van der Waals surface area contributed by atoms with Crippen LogP contribution in [-0.4, -0.2) is 39.9 Å². The van der Waals surface area contributed by atoms with Gasteiger partial charge in [-0.15, -0.1) is 286 Å². The second kappa shape index (κ2) is 54.7. The Labute approximate surface area is 851 Å². The van der Waals surface area contributed by atoms with Crippen molar-refractivity contribution >= 4 is 0 Å². The van der Waals surface area contributed by atoms with Crippen molar-refractivity contribution in [2.24, 2.45) is 0 Å². The van der Waals surface area contributed by atoms with Crippen LogP contribution in [0.5, 0.6) is 0 Å². The van der Waals surface area contributed by atoms with Gasteiger partial charge in [-0.05, 0) is 178 Å². The first-order valence-corrected chi connectivity index (χ1v) is 40.6. The molecule has 20 rings (SSSR count). The van der Waals surface area contributed by atoms with E-state index in [9.17, 15) is 0 Å². The van der Waals surface area contributed by atoms with E-state index in [4.69, 9.17) is 23.3 Å². The average Bonchev–Trinajstić information content (AvgIpc) is 0.716. The molecule has 4 radical (unpaired) electrons. The Balaban J connectivity index is 0.000000190. The van der Waals surface area contributed by atoms with Gasteiger partial charge in [-0.2, -0.15) is 0 Å². The molecular weight excluding hydrogens is 2310 g/mol. The van der Waals surface area contributed by atoms with Gasteiger partial charge in [-0.25, -0.2) is 0 Å². The monoisotopic (exact) mass is 2420 g/mol. The van der Waals surface area contributed by atoms with E-state index in [0.717, 1.165) is 67.5 Å². The largest absolute Gasteiger partial charge is 0.305 e. The molecule has 0 amide bonds. The summed E-state index contributed by atoms with van der Waals surface area (Å²) in [6.07, 6.45) is 10.1. The van der Waals surface area contributed by atoms with E-state index < -0.39 is 48.6 Å². The predicted octanol–water partition coefficient (Wildman–Crippen LogP) is 29.2. The van der Waals surface area contributed by atoms with Crippen molar-refractivity contribution < 1.29 is 104 Å². The van der Waals surface area contributed by atoms with Crippen molar-refractivity contribution in [1.82, 2.24) is 39.9 Å². The molecule has 0 saturated carbocycles. The van der Waals surface area contributed by atoms with Crippen LogP contribution in [0.4, 0.5) is 0 Å². The predicted molar refractivity (Wildman–Crippen MR) is 523 cm³/mol. The minimum atomic E-state index is -0.583. The van der Waals surface area contributed by atoms with Gasteiger partial charge in [-0.3, -0.25) is 0 Å². The molecule has 0 aliphatic carbocycles. The maximum atomic E-state index is 8.57. The van der Waals surface area contributed by atoms with Gasteiger partial charge in [0.1, 0.15) is 0 Å². The van der Waals surface area contributed by atoms with Gasteiger partial charge in [0, 0.05) is 133 Å². The molecule has 0 aliphatic rings. The van der Waals surface area contributed by atoms with Crippen molar-refractivity contribution in [2.45, 2.75) is 48.5 Å². The molecule has 12 aromatic carbocycles. The van der Waals surface area contributed by atoms with Crippen LogP contribution in [0.25, 0.3) is 135 Å². The minimum absolute atomic E-state index is 0. The van der Waals surface area contributed by atoms with Gasteiger partial charge in [0.2, 0.25) is 0 Å². The van der Waals surface area contributed by atoms with Crippen LogP contribution in [0.2, 0.25) is 0 Å². The number of aromatic nitrogens is 8. The van der Waals surface area contributed by atoms with E-state index in [1.165, 1.54) is 69.5 Å². The molecule has 0 unspecified atom stereocenters. The number of nitrogens with zero attached hydrogens (tertiary/aromatic N) is 8. The Morgan fingerprint density at radius 2 is 0.656 bits per heavy atom. The van der Waals surface area contributed by atoms with Crippen LogP contribution < -0.4 is 0 Å².